The minimum absolute atomic E-state index is 0.158. The maximum Gasteiger partial charge on any atom is 0.331 e. The van der Waals surface area contributed by atoms with Crippen LogP contribution in [-0.2, 0) is 14.3 Å². The Bertz CT molecular complexity index is 558. The normalized spacial score (nSPS) is 34.0. The quantitative estimate of drug-likeness (QED) is 0.471. The first-order valence-electron chi connectivity index (χ1n) is 8.91. The summed E-state index contributed by atoms with van der Waals surface area (Å²) in [5.41, 5.74) is 2.05. The summed E-state index contributed by atoms with van der Waals surface area (Å²) >= 11 is 0. The molecule has 2 aliphatic rings. The maximum atomic E-state index is 12.0. The second-order valence-corrected chi connectivity index (χ2v) is 8.13. The van der Waals surface area contributed by atoms with Gasteiger partial charge in [0.15, 0.2) is 0 Å². The predicted molar refractivity (Wildman–Crippen MR) is 93.4 cm³/mol. The smallest absolute Gasteiger partial charge is 0.331 e. The van der Waals surface area contributed by atoms with Crippen LogP contribution >= 0.6 is 0 Å². The van der Waals surface area contributed by atoms with Crippen molar-refractivity contribution in [3.05, 3.63) is 23.8 Å². The number of rotatable bonds is 4. The first-order valence-corrected chi connectivity index (χ1v) is 8.91. The Morgan fingerprint density at radius 2 is 1.96 bits per heavy atom. The van der Waals surface area contributed by atoms with Crippen molar-refractivity contribution in [1.82, 2.24) is 0 Å². The summed E-state index contributed by atoms with van der Waals surface area (Å²) in [5.74, 6) is -0.968. The highest BCUT2D eigenvalue weighted by molar-refractivity contribution is 5.83. The third-order valence-electron chi connectivity index (χ3n) is 6.07. The highest BCUT2D eigenvalue weighted by atomic mass is 16.5. The van der Waals surface area contributed by atoms with Gasteiger partial charge in [-0.25, -0.2) is 4.79 Å². The fourth-order valence-electron chi connectivity index (χ4n) is 4.36. The molecule has 1 N–H and O–H groups in total. The number of carboxylic acid groups (broad SMARTS) is 1. The van der Waals surface area contributed by atoms with E-state index in [4.69, 9.17) is 4.74 Å². The lowest BCUT2D eigenvalue weighted by atomic mass is 9.55. The van der Waals surface area contributed by atoms with Gasteiger partial charge in [0.05, 0.1) is 5.92 Å². The number of fused-ring (bicyclic) bond motifs is 1. The molecule has 0 heterocycles. The zero-order chi connectivity index (χ0) is 18.1. The van der Waals surface area contributed by atoms with E-state index in [-0.39, 0.29) is 35.2 Å². The van der Waals surface area contributed by atoms with Crippen LogP contribution in [-0.4, -0.2) is 23.1 Å². The third-order valence-corrected chi connectivity index (χ3v) is 6.07. The molecule has 2 aliphatic carbocycles. The largest absolute Gasteiger partial charge is 0.481 e. The minimum Gasteiger partial charge on any atom is -0.481 e. The van der Waals surface area contributed by atoms with Crippen molar-refractivity contribution in [2.45, 2.75) is 65.9 Å². The van der Waals surface area contributed by atoms with Crippen molar-refractivity contribution < 1.29 is 19.4 Å². The monoisotopic (exact) mass is 334 g/mol. The number of ether oxygens (including phenoxy) is 1. The number of allylic oxidation sites excluding steroid dienone is 1. The van der Waals surface area contributed by atoms with E-state index in [1.165, 1.54) is 6.08 Å². The molecule has 0 unspecified atom stereocenters. The highest BCUT2D eigenvalue weighted by Gasteiger charge is 2.48. The van der Waals surface area contributed by atoms with Crippen molar-refractivity contribution in [2.24, 2.45) is 23.2 Å². The second-order valence-electron chi connectivity index (χ2n) is 8.13. The number of carbonyl (C=O) groups is 2. The van der Waals surface area contributed by atoms with Gasteiger partial charge >= 0.3 is 11.9 Å². The minimum atomic E-state index is -0.725. The zero-order valence-electron chi connectivity index (χ0n) is 15.3. The SMILES string of the molecule is C=C1[C@@H](OC(=O)C=C(C)C)CC[C@]2(C)CC[C@@H]([C@H](C)C(=O)O)C[C@@H]12. The number of hydrogen-bond acceptors (Lipinski definition) is 3. The Morgan fingerprint density at radius 1 is 1.33 bits per heavy atom. The van der Waals surface area contributed by atoms with E-state index >= 15 is 0 Å². The molecule has 24 heavy (non-hydrogen) atoms. The molecule has 0 aromatic carbocycles. The van der Waals surface area contributed by atoms with Gasteiger partial charge in [-0.05, 0) is 68.8 Å². The van der Waals surface area contributed by atoms with E-state index in [0.29, 0.717) is 0 Å². The fraction of sp³-hybridized carbons (Fsp3) is 0.700. The molecule has 0 bridgehead atoms. The van der Waals surface area contributed by atoms with Crippen molar-refractivity contribution in [1.29, 1.82) is 0 Å². The van der Waals surface area contributed by atoms with Gasteiger partial charge in [0.1, 0.15) is 6.10 Å². The molecule has 0 spiro atoms. The van der Waals surface area contributed by atoms with Gasteiger partial charge in [-0.2, -0.15) is 0 Å². The van der Waals surface area contributed by atoms with E-state index in [1.54, 1.807) is 6.92 Å². The highest BCUT2D eigenvalue weighted by Crippen LogP contribution is 2.55. The van der Waals surface area contributed by atoms with Gasteiger partial charge in [0, 0.05) is 6.08 Å². The van der Waals surface area contributed by atoms with Gasteiger partial charge in [0.2, 0.25) is 0 Å². The molecule has 4 nitrogen and oxygen atoms in total. The van der Waals surface area contributed by atoms with Gasteiger partial charge in [-0.1, -0.05) is 26.0 Å². The summed E-state index contributed by atoms with van der Waals surface area (Å²) in [4.78, 5) is 23.3. The van der Waals surface area contributed by atoms with E-state index in [0.717, 1.165) is 43.3 Å². The fourth-order valence-corrected chi connectivity index (χ4v) is 4.36. The summed E-state index contributed by atoms with van der Waals surface area (Å²) in [6, 6.07) is 0. The molecule has 5 atom stereocenters. The molecular weight excluding hydrogens is 304 g/mol. The average Bonchev–Trinajstić information content (AvgIpc) is 2.48. The Hall–Kier alpha value is -1.58. The zero-order valence-corrected chi connectivity index (χ0v) is 15.3. The molecule has 0 amide bonds. The first-order chi connectivity index (χ1) is 11.1. The van der Waals surface area contributed by atoms with Crippen LogP contribution in [0.5, 0.6) is 0 Å². The van der Waals surface area contributed by atoms with Crippen LogP contribution in [0.1, 0.15) is 59.8 Å². The van der Waals surface area contributed by atoms with Gasteiger partial charge in [-0.3, -0.25) is 4.79 Å². The first kappa shape index (κ1) is 18.8. The Kier molecular flexibility index (Phi) is 5.56. The number of carbonyl (C=O) groups excluding carboxylic acids is 1. The number of hydrogen-bond donors (Lipinski definition) is 1. The van der Waals surface area contributed by atoms with Gasteiger partial charge in [0.25, 0.3) is 0 Å². The molecule has 0 aromatic heterocycles. The summed E-state index contributed by atoms with van der Waals surface area (Å²) in [5, 5.41) is 9.32. The van der Waals surface area contributed by atoms with Crippen LogP contribution in [0.2, 0.25) is 0 Å². The van der Waals surface area contributed by atoms with Crippen LogP contribution < -0.4 is 0 Å². The standard InChI is InChI=1S/C20H30O4/c1-12(2)10-18(21)24-17-7-9-20(5)8-6-15(13(3)19(22)23)11-16(20)14(17)4/h10,13,15-17H,4,6-9,11H2,1-3,5H3,(H,22,23)/t13-,15+,16-,17-,20-/m0/s1. The average molecular weight is 334 g/mol. The maximum absolute atomic E-state index is 12.0. The van der Waals surface area contributed by atoms with Crippen LogP contribution in [0.15, 0.2) is 23.8 Å². The topological polar surface area (TPSA) is 63.6 Å². The van der Waals surface area contributed by atoms with E-state index in [1.807, 2.05) is 13.8 Å². The van der Waals surface area contributed by atoms with E-state index in [9.17, 15) is 14.7 Å². The number of carboxylic acids is 1. The molecule has 2 saturated carbocycles. The second kappa shape index (κ2) is 7.12. The van der Waals surface area contributed by atoms with Crippen molar-refractivity contribution >= 4 is 11.9 Å². The van der Waals surface area contributed by atoms with E-state index in [2.05, 4.69) is 13.5 Å². The summed E-state index contributed by atoms with van der Waals surface area (Å²) in [6.45, 7) is 12.1. The lowest BCUT2D eigenvalue weighted by Gasteiger charge is -2.51. The Morgan fingerprint density at radius 3 is 2.54 bits per heavy atom. The van der Waals surface area contributed by atoms with Crippen molar-refractivity contribution in [3.8, 4) is 0 Å². The lowest BCUT2D eigenvalue weighted by Crippen LogP contribution is -2.45. The molecule has 0 radical (unpaired) electrons. The molecule has 134 valence electrons. The molecular formula is C20H30O4. The van der Waals surface area contributed by atoms with Crippen molar-refractivity contribution in [3.63, 3.8) is 0 Å². The molecule has 0 aromatic rings. The van der Waals surface area contributed by atoms with E-state index < -0.39 is 5.97 Å². The predicted octanol–water partition coefficient (Wildman–Crippen LogP) is 4.36. The van der Waals surface area contributed by atoms with Crippen LogP contribution in [0, 0.1) is 23.2 Å². The number of aliphatic carboxylic acids is 1. The lowest BCUT2D eigenvalue weighted by molar-refractivity contribution is -0.145. The Balaban J connectivity index is 2.11. The van der Waals surface area contributed by atoms with Gasteiger partial charge in [-0.15, -0.1) is 0 Å². The Labute approximate surface area is 145 Å². The van der Waals surface area contributed by atoms with Crippen molar-refractivity contribution in [2.75, 3.05) is 0 Å². The summed E-state index contributed by atoms with van der Waals surface area (Å²) < 4.78 is 5.62. The van der Waals surface area contributed by atoms with Gasteiger partial charge < -0.3 is 9.84 Å². The summed E-state index contributed by atoms with van der Waals surface area (Å²) in [6.07, 6.45) is 5.88. The number of esters is 1. The summed E-state index contributed by atoms with van der Waals surface area (Å²) in [7, 11) is 0. The molecule has 2 rings (SSSR count). The van der Waals surface area contributed by atoms with Crippen LogP contribution in [0.4, 0.5) is 0 Å². The molecule has 0 aliphatic heterocycles. The third kappa shape index (κ3) is 3.90. The molecule has 0 saturated heterocycles. The van der Waals surface area contributed by atoms with Crippen LogP contribution in [0.25, 0.3) is 0 Å². The molecule has 4 heteroatoms. The van der Waals surface area contributed by atoms with Crippen LogP contribution in [0.3, 0.4) is 0 Å². The molecule has 2 fully saturated rings.